The predicted octanol–water partition coefficient (Wildman–Crippen LogP) is 4.15. The Hall–Kier alpha value is -1.91. The molecule has 0 fully saturated rings. The van der Waals surface area contributed by atoms with E-state index in [1.165, 1.54) is 7.11 Å². The Labute approximate surface area is 140 Å². The molecule has 1 heterocycles. The minimum atomic E-state index is -0.712. The number of carbonyl (C=O) groups excluding carboxylic acids is 1. The van der Waals surface area contributed by atoms with Gasteiger partial charge in [0.25, 0.3) is 0 Å². The van der Waals surface area contributed by atoms with E-state index in [-0.39, 0.29) is 5.97 Å². The normalized spacial score (nSPS) is 13.5. The average Bonchev–Trinajstić information content (AvgIpc) is 2.51. The Morgan fingerprint density at radius 1 is 1.39 bits per heavy atom. The van der Waals surface area contributed by atoms with E-state index in [1.54, 1.807) is 32.9 Å². The van der Waals surface area contributed by atoms with E-state index >= 15 is 0 Å². The lowest BCUT2D eigenvalue weighted by molar-refractivity contribution is -0.148. The second kappa shape index (κ2) is 6.69. The standard InChI is InChI=1S/C18H20ClNO3/c1-11(21)15-10-14(19)13-6-5-12(9-16(13)20-15)7-8-18(2,3)17(22)23-4/h5-11,21H,1-4H3/b8-7+/t11-/m1/s1. The summed E-state index contributed by atoms with van der Waals surface area (Å²) in [5.74, 6) is -0.299. The minimum absolute atomic E-state index is 0.299. The van der Waals surface area contributed by atoms with Crippen molar-refractivity contribution < 1.29 is 14.6 Å². The molecule has 23 heavy (non-hydrogen) atoms. The van der Waals surface area contributed by atoms with Gasteiger partial charge in [-0.05, 0) is 38.5 Å². The smallest absolute Gasteiger partial charge is 0.315 e. The number of methoxy groups -OCH3 is 1. The number of rotatable bonds is 4. The van der Waals surface area contributed by atoms with Gasteiger partial charge in [-0.3, -0.25) is 4.79 Å². The summed E-state index contributed by atoms with van der Waals surface area (Å²) in [4.78, 5) is 16.1. The number of esters is 1. The van der Waals surface area contributed by atoms with Gasteiger partial charge in [-0.1, -0.05) is 35.9 Å². The van der Waals surface area contributed by atoms with Gasteiger partial charge in [0.1, 0.15) is 0 Å². The van der Waals surface area contributed by atoms with E-state index in [2.05, 4.69) is 4.98 Å². The van der Waals surface area contributed by atoms with Gasteiger partial charge >= 0.3 is 5.97 Å². The van der Waals surface area contributed by atoms with Gasteiger partial charge in [0.05, 0.1) is 34.9 Å². The Morgan fingerprint density at radius 2 is 2.09 bits per heavy atom. The van der Waals surface area contributed by atoms with Crippen molar-refractivity contribution in [2.45, 2.75) is 26.9 Å². The van der Waals surface area contributed by atoms with Crippen LogP contribution in [0.1, 0.15) is 38.1 Å². The van der Waals surface area contributed by atoms with E-state index in [9.17, 15) is 9.90 Å². The third-order valence-electron chi connectivity index (χ3n) is 3.64. The van der Waals surface area contributed by atoms with Crippen LogP contribution in [0.25, 0.3) is 17.0 Å². The van der Waals surface area contributed by atoms with Crippen LogP contribution in [0.3, 0.4) is 0 Å². The van der Waals surface area contributed by atoms with Crippen LogP contribution in [0.2, 0.25) is 5.02 Å². The van der Waals surface area contributed by atoms with Crippen molar-refractivity contribution in [1.29, 1.82) is 0 Å². The van der Waals surface area contributed by atoms with Gasteiger partial charge in [0.15, 0.2) is 0 Å². The Bertz CT molecular complexity index is 766. The first-order valence-electron chi connectivity index (χ1n) is 7.30. The van der Waals surface area contributed by atoms with E-state index in [4.69, 9.17) is 16.3 Å². The third kappa shape index (κ3) is 3.89. The van der Waals surface area contributed by atoms with Gasteiger partial charge < -0.3 is 9.84 Å². The molecule has 0 unspecified atom stereocenters. The number of ether oxygens (including phenoxy) is 1. The summed E-state index contributed by atoms with van der Waals surface area (Å²) in [7, 11) is 1.37. The lowest BCUT2D eigenvalue weighted by Gasteiger charge is -2.16. The molecule has 0 aliphatic heterocycles. The zero-order valence-electron chi connectivity index (χ0n) is 13.6. The van der Waals surface area contributed by atoms with Crippen molar-refractivity contribution in [2.24, 2.45) is 5.41 Å². The molecule has 0 aliphatic carbocycles. The van der Waals surface area contributed by atoms with Gasteiger partial charge in [-0.25, -0.2) is 4.98 Å². The molecule has 0 saturated carbocycles. The SMILES string of the molecule is COC(=O)C(C)(C)/C=C/c1ccc2c(Cl)cc([C@@H](C)O)nc2c1. The highest BCUT2D eigenvalue weighted by molar-refractivity contribution is 6.35. The van der Waals surface area contributed by atoms with Gasteiger partial charge in [-0.15, -0.1) is 0 Å². The van der Waals surface area contributed by atoms with Crippen LogP contribution in [0.5, 0.6) is 0 Å². The first kappa shape index (κ1) is 17.4. The Morgan fingerprint density at radius 3 is 2.70 bits per heavy atom. The molecule has 1 atom stereocenters. The summed E-state index contributed by atoms with van der Waals surface area (Å²) in [5.41, 5.74) is 1.40. The molecule has 0 aliphatic rings. The molecular weight excluding hydrogens is 314 g/mol. The summed E-state index contributed by atoms with van der Waals surface area (Å²) >= 11 is 6.24. The maximum atomic E-state index is 11.7. The second-order valence-electron chi connectivity index (χ2n) is 6.03. The van der Waals surface area contributed by atoms with Crippen LogP contribution < -0.4 is 0 Å². The number of fused-ring (bicyclic) bond motifs is 1. The number of hydrogen-bond donors (Lipinski definition) is 1. The largest absolute Gasteiger partial charge is 0.468 e. The summed E-state index contributed by atoms with van der Waals surface area (Å²) in [5, 5.41) is 11.1. The number of aliphatic hydroxyl groups is 1. The summed E-state index contributed by atoms with van der Waals surface area (Å²) in [6, 6.07) is 7.32. The Balaban J connectivity index is 2.42. The highest BCUT2D eigenvalue weighted by Crippen LogP contribution is 2.27. The number of carbonyl (C=O) groups is 1. The summed E-state index contributed by atoms with van der Waals surface area (Å²) < 4.78 is 4.78. The van der Waals surface area contributed by atoms with E-state index in [0.29, 0.717) is 16.2 Å². The van der Waals surface area contributed by atoms with Crippen LogP contribution in [-0.2, 0) is 9.53 Å². The maximum Gasteiger partial charge on any atom is 0.315 e. The molecule has 5 heteroatoms. The highest BCUT2D eigenvalue weighted by atomic mass is 35.5. The van der Waals surface area contributed by atoms with Gasteiger partial charge in [0, 0.05) is 5.39 Å². The molecule has 0 spiro atoms. The monoisotopic (exact) mass is 333 g/mol. The third-order valence-corrected chi connectivity index (χ3v) is 3.95. The molecule has 0 bridgehead atoms. The second-order valence-corrected chi connectivity index (χ2v) is 6.44. The molecule has 0 saturated heterocycles. The van der Waals surface area contributed by atoms with Crippen LogP contribution in [-0.4, -0.2) is 23.2 Å². The van der Waals surface area contributed by atoms with Gasteiger partial charge in [0.2, 0.25) is 0 Å². The lowest BCUT2D eigenvalue weighted by atomic mass is 9.92. The molecule has 0 radical (unpaired) electrons. The van der Waals surface area contributed by atoms with E-state index in [1.807, 2.05) is 24.3 Å². The topological polar surface area (TPSA) is 59.4 Å². The van der Waals surface area contributed by atoms with Crippen molar-refractivity contribution in [3.05, 3.63) is 46.6 Å². The lowest BCUT2D eigenvalue weighted by Crippen LogP contribution is -2.22. The number of aliphatic hydroxyl groups excluding tert-OH is 1. The highest BCUT2D eigenvalue weighted by Gasteiger charge is 2.25. The molecule has 4 nitrogen and oxygen atoms in total. The van der Waals surface area contributed by atoms with E-state index in [0.717, 1.165) is 10.9 Å². The molecule has 1 aromatic heterocycles. The number of nitrogens with zero attached hydrogens (tertiary/aromatic N) is 1. The fourth-order valence-electron chi connectivity index (χ4n) is 2.18. The van der Waals surface area contributed by atoms with Crippen molar-refractivity contribution in [1.82, 2.24) is 4.98 Å². The predicted molar refractivity (Wildman–Crippen MR) is 92.2 cm³/mol. The van der Waals surface area contributed by atoms with Crippen molar-refractivity contribution >= 4 is 34.5 Å². The number of hydrogen-bond acceptors (Lipinski definition) is 4. The van der Waals surface area contributed by atoms with Crippen molar-refractivity contribution in [3.8, 4) is 0 Å². The number of pyridine rings is 1. The fraction of sp³-hybridized carbons (Fsp3) is 0.333. The zero-order valence-corrected chi connectivity index (χ0v) is 14.4. The fourth-order valence-corrected chi connectivity index (χ4v) is 2.45. The molecule has 1 N–H and O–H groups in total. The van der Waals surface area contributed by atoms with Crippen LogP contribution in [0, 0.1) is 5.41 Å². The molecule has 2 rings (SSSR count). The number of aromatic nitrogens is 1. The zero-order chi connectivity index (χ0) is 17.2. The minimum Gasteiger partial charge on any atom is -0.468 e. The number of benzene rings is 1. The first-order valence-corrected chi connectivity index (χ1v) is 7.68. The molecule has 1 aromatic carbocycles. The quantitative estimate of drug-likeness (QED) is 0.854. The van der Waals surface area contributed by atoms with Crippen molar-refractivity contribution in [2.75, 3.05) is 7.11 Å². The number of halogens is 1. The Kier molecular flexibility index (Phi) is 5.07. The van der Waals surface area contributed by atoms with Gasteiger partial charge in [-0.2, -0.15) is 0 Å². The molecule has 0 amide bonds. The first-order chi connectivity index (χ1) is 10.7. The summed E-state index contributed by atoms with van der Waals surface area (Å²) in [6.45, 7) is 5.22. The molecule has 122 valence electrons. The molecule has 2 aromatic rings. The van der Waals surface area contributed by atoms with Crippen LogP contribution in [0.4, 0.5) is 0 Å². The van der Waals surface area contributed by atoms with Crippen LogP contribution >= 0.6 is 11.6 Å². The van der Waals surface area contributed by atoms with Crippen molar-refractivity contribution in [3.63, 3.8) is 0 Å². The maximum absolute atomic E-state index is 11.7. The van der Waals surface area contributed by atoms with Crippen LogP contribution in [0.15, 0.2) is 30.3 Å². The average molecular weight is 334 g/mol. The van der Waals surface area contributed by atoms with E-state index < -0.39 is 11.5 Å². The molecular formula is C18H20ClNO3. The summed E-state index contributed by atoms with van der Waals surface area (Å²) in [6.07, 6.45) is 2.95.